The van der Waals surface area contributed by atoms with E-state index in [1.807, 2.05) is 20.8 Å². The second kappa shape index (κ2) is 6.27. The summed E-state index contributed by atoms with van der Waals surface area (Å²) in [4.78, 5) is 8.31. The third-order valence-corrected chi connectivity index (χ3v) is 1.75. The molecule has 5 nitrogen and oxygen atoms in total. The maximum Gasteiger partial charge on any atom is 0.319 e. The fourth-order valence-electron chi connectivity index (χ4n) is 1.13. The van der Waals surface area contributed by atoms with E-state index < -0.39 is 0 Å². The fraction of sp³-hybridized carbons (Fsp3) is 0.636. The van der Waals surface area contributed by atoms with Gasteiger partial charge in [-0.05, 0) is 33.7 Å². The highest BCUT2D eigenvalue weighted by molar-refractivity contribution is 5.17. The lowest BCUT2D eigenvalue weighted by atomic mass is 10.4. The molecule has 1 aromatic rings. The molecule has 2 N–H and O–H groups in total. The summed E-state index contributed by atoms with van der Waals surface area (Å²) in [7, 11) is 0. The standard InChI is InChI=1S/C11H19N3O2/c1-8(2)16-10-7-9(3)13-11(14-10)15-6-4-5-12/h7-8H,4-6,12H2,1-3H3. The van der Waals surface area contributed by atoms with Gasteiger partial charge in [0.05, 0.1) is 12.7 Å². The Morgan fingerprint density at radius 3 is 2.75 bits per heavy atom. The molecule has 1 rings (SSSR count). The second-order valence-corrected chi connectivity index (χ2v) is 3.79. The number of rotatable bonds is 6. The molecule has 0 aromatic carbocycles. The van der Waals surface area contributed by atoms with E-state index in [-0.39, 0.29) is 6.10 Å². The third-order valence-electron chi connectivity index (χ3n) is 1.75. The molecule has 5 heteroatoms. The van der Waals surface area contributed by atoms with Gasteiger partial charge in [-0.3, -0.25) is 0 Å². The Kier molecular flexibility index (Phi) is 4.98. The Balaban J connectivity index is 2.65. The first kappa shape index (κ1) is 12.7. The van der Waals surface area contributed by atoms with Gasteiger partial charge in [0, 0.05) is 11.8 Å². The van der Waals surface area contributed by atoms with Crippen LogP contribution >= 0.6 is 0 Å². The molecule has 0 aliphatic rings. The van der Waals surface area contributed by atoms with E-state index in [1.54, 1.807) is 6.07 Å². The van der Waals surface area contributed by atoms with Gasteiger partial charge in [-0.1, -0.05) is 0 Å². The van der Waals surface area contributed by atoms with Crippen molar-refractivity contribution >= 4 is 0 Å². The first-order valence-electron chi connectivity index (χ1n) is 5.47. The molecule has 0 aliphatic heterocycles. The van der Waals surface area contributed by atoms with Gasteiger partial charge < -0.3 is 15.2 Å². The summed E-state index contributed by atoms with van der Waals surface area (Å²) in [5.74, 6) is 0.547. The molecule has 0 unspecified atom stereocenters. The number of ether oxygens (including phenoxy) is 2. The topological polar surface area (TPSA) is 70.3 Å². The number of aryl methyl sites for hydroxylation is 1. The van der Waals surface area contributed by atoms with Crippen LogP contribution in [-0.4, -0.2) is 29.2 Å². The number of nitrogens with zero attached hydrogens (tertiary/aromatic N) is 2. The van der Waals surface area contributed by atoms with Crippen molar-refractivity contribution in [2.75, 3.05) is 13.2 Å². The van der Waals surface area contributed by atoms with Gasteiger partial charge in [0.25, 0.3) is 0 Å². The minimum absolute atomic E-state index is 0.0891. The van der Waals surface area contributed by atoms with Crippen LogP contribution in [-0.2, 0) is 0 Å². The van der Waals surface area contributed by atoms with E-state index in [1.165, 1.54) is 0 Å². The second-order valence-electron chi connectivity index (χ2n) is 3.79. The van der Waals surface area contributed by atoms with Crippen LogP contribution < -0.4 is 15.2 Å². The average Bonchev–Trinajstić information content (AvgIpc) is 2.16. The zero-order valence-electron chi connectivity index (χ0n) is 10.1. The third kappa shape index (κ3) is 4.44. The van der Waals surface area contributed by atoms with Gasteiger partial charge in [-0.25, -0.2) is 4.98 Å². The van der Waals surface area contributed by atoms with Gasteiger partial charge in [0.15, 0.2) is 0 Å². The van der Waals surface area contributed by atoms with Gasteiger partial charge >= 0.3 is 6.01 Å². The average molecular weight is 225 g/mol. The number of hydrogen-bond donors (Lipinski definition) is 1. The van der Waals surface area contributed by atoms with Crippen LogP contribution in [0.3, 0.4) is 0 Å². The molecule has 90 valence electrons. The summed E-state index contributed by atoms with van der Waals surface area (Å²) < 4.78 is 10.9. The molecule has 0 amide bonds. The van der Waals surface area contributed by atoms with Crippen LogP contribution in [0.15, 0.2) is 6.07 Å². The lowest BCUT2D eigenvalue weighted by Gasteiger charge is -2.10. The van der Waals surface area contributed by atoms with Gasteiger partial charge in [-0.15, -0.1) is 0 Å². The van der Waals surface area contributed by atoms with Gasteiger partial charge in [-0.2, -0.15) is 4.98 Å². The van der Waals surface area contributed by atoms with Crippen molar-refractivity contribution < 1.29 is 9.47 Å². The van der Waals surface area contributed by atoms with E-state index >= 15 is 0 Å². The lowest BCUT2D eigenvalue weighted by molar-refractivity contribution is 0.223. The summed E-state index contributed by atoms with van der Waals surface area (Å²) in [5.41, 5.74) is 6.20. The molecule has 16 heavy (non-hydrogen) atoms. The summed E-state index contributed by atoms with van der Waals surface area (Å²) in [6.07, 6.45) is 0.878. The van der Waals surface area contributed by atoms with Crippen molar-refractivity contribution in [3.05, 3.63) is 11.8 Å². The lowest BCUT2D eigenvalue weighted by Crippen LogP contribution is -2.10. The van der Waals surface area contributed by atoms with Crippen molar-refractivity contribution in [3.63, 3.8) is 0 Å². The molecule has 0 aliphatic carbocycles. The summed E-state index contributed by atoms with van der Waals surface area (Å²) >= 11 is 0. The molecular formula is C11H19N3O2. The van der Waals surface area contributed by atoms with E-state index in [4.69, 9.17) is 15.2 Å². The molecule has 0 spiro atoms. The summed E-state index contributed by atoms with van der Waals surface area (Å²) in [5, 5.41) is 0. The van der Waals surface area contributed by atoms with Crippen LogP contribution in [0.4, 0.5) is 0 Å². The molecule has 0 radical (unpaired) electrons. The highest BCUT2D eigenvalue weighted by Gasteiger charge is 2.05. The van der Waals surface area contributed by atoms with Crippen molar-refractivity contribution in [3.8, 4) is 11.9 Å². The van der Waals surface area contributed by atoms with E-state index in [0.29, 0.717) is 25.0 Å². The van der Waals surface area contributed by atoms with Crippen molar-refractivity contribution in [2.45, 2.75) is 33.3 Å². The fourth-order valence-corrected chi connectivity index (χ4v) is 1.13. The van der Waals surface area contributed by atoms with Crippen molar-refractivity contribution in [1.82, 2.24) is 9.97 Å². The summed E-state index contributed by atoms with van der Waals surface area (Å²) in [6, 6.07) is 2.14. The SMILES string of the molecule is Cc1cc(OC(C)C)nc(OCCCN)n1. The Hall–Kier alpha value is -1.36. The summed E-state index contributed by atoms with van der Waals surface area (Å²) in [6.45, 7) is 6.91. The monoisotopic (exact) mass is 225 g/mol. The van der Waals surface area contributed by atoms with Gasteiger partial charge in [0.1, 0.15) is 0 Å². The first-order chi connectivity index (χ1) is 7.61. The Morgan fingerprint density at radius 2 is 2.12 bits per heavy atom. The molecule has 0 saturated carbocycles. The Morgan fingerprint density at radius 1 is 1.38 bits per heavy atom. The number of aromatic nitrogens is 2. The zero-order chi connectivity index (χ0) is 12.0. The molecule has 1 aromatic heterocycles. The smallest absolute Gasteiger partial charge is 0.319 e. The normalized spacial score (nSPS) is 10.6. The Bertz CT molecular complexity index is 329. The van der Waals surface area contributed by atoms with Crippen molar-refractivity contribution in [2.24, 2.45) is 5.73 Å². The maximum atomic E-state index is 5.49. The number of nitrogens with two attached hydrogens (primary N) is 1. The predicted molar refractivity (Wildman–Crippen MR) is 61.7 cm³/mol. The largest absolute Gasteiger partial charge is 0.475 e. The van der Waals surface area contributed by atoms with Crippen LogP contribution in [0.25, 0.3) is 0 Å². The quantitative estimate of drug-likeness (QED) is 0.739. The highest BCUT2D eigenvalue weighted by Crippen LogP contribution is 2.14. The van der Waals surface area contributed by atoms with Crippen LogP contribution in [0.1, 0.15) is 26.0 Å². The van der Waals surface area contributed by atoms with E-state index in [0.717, 1.165) is 12.1 Å². The highest BCUT2D eigenvalue weighted by atomic mass is 16.5. The zero-order valence-corrected chi connectivity index (χ0v) is 10.1. The van der Waals surface area contributed by atoms with E-state index in [2.05, 4.69) is 9.97 Å². The minimum Gasteiger partial charge on any atom is -0.475 e. The van der Waals surface area contributed by atoms with Crippen LogP contribution in [0.2, 0.25) is 0 Å². The minimum atomic E-state index is 0.0891. The molecule has 1 heterocycles. The molecular weight excluding hydrogens is 206 g/mol. The Labute approximate surface area is 96.0 Å². The number of hydrogen-bond acceptors (Lipinski definition) is 5. The van der Waals surface area contributed by atoms with Crippen molar-refractivity contribution in [1.29, 1.82) is 0 Å². The van der Waals surface area contributed by atoms with Crippen LogP contribution in [0, 0.1) is 6.92 Å². The molecule has 0 saturated heterocycles. The van der Waals surface area contributed by atoms with E-state index in [9.17, 15) is 0 Å². The molecule has 0 fully saturated rings. The van der Waals surface area contributed by atoms with Crippen LogP contribution in [0.5, 0.6) is 11.9 Å². The molecule has 0 bridgehead atoms. The predicted octanol–water partition coefficient (Wildman–Crippen LogP) is 1.30. The maximum absolute atomic E-state index is 5.49. The first-order valence-corrected chi connectivity index (χ1v) is 5.47. The molecule has 0 atom stereocenters. The van der Waals surface area contributed by atoms with Gasteiger partial charge in [0.2, 0.25) is 5.88 Å².